The summed E-state index contributed by atoms with van der Waals surface area (Å²) >= 11 is 0. The second kappa shape index (κ2) is 6.78. The van der Waals surface area contributed by atoms with Gasteiger partial charge in [-0.3, -0.25) is 9.48 Å². The first-order valence-electron chi connectivity index (χ1n) is 8.67. The van der Waals surface area contributed by atoms with E-state index >= 15 is 0 Å². The Morgan fingerprint density at radius 3 is 2.38 bits per heavy atom. The van der Waals surface area contributed by atoms with Crippen molar-refractivity contribution in [1.82, 2.24) is 14.7 Å². The highest BCUT2D eigenvalue weighted by atomic mass is 19.4. The van der Waals surface area contributed by atoms with Gasteiger partial charge in [0.25, 0.3) is 5.91 Å². The van der Waals surface area contributed by atoms with Crippen LogP contribution in [0.4, 0.5) is 13.2 Å². The first-order valence-corrected chi connectivity index (χ1v) is 8.67. The molecule has 1 saturated carbocycles. The van der Waals surface area contributed by atoms with E-state index in [4.69, 9.17) is 0 Å². The molecule has 140 valence electrons. The van der Waals surface area contributed by atoms with E-state index in [2.05, 4.69) is 5.10 Å². The fourth-order valence-electron chi connectivity index (χ4n) is 3.49. The fourth-order valence-corrected chi connectivity index (χ4v) is 3.49. The zero-order valence-corrected chi connectivity index (χ0v) is 15.1. The highest BCUT2D eigenvalue weighted by Crippen LogP contribution is 2.37. The van der Waals surface area contributed by atoms with Crippen molar-refractivity contribution in [3.8, 4) is 11.3 Å². The van der Waals surface area contributed by atoms with Gasteiger partial charge in [-0.1, -0.05) is 12.8 Å². The van der Waals surface area contributed by atoms with E-state index in [0.717, 1.165) is 37.3 Å². The Morgan fingerprint density at radius 1 is 1.15 bits per heavy atom. The quantitative estimate of drug-likeness (QED) is 0.791. The maximum atomic E-state index is 13.2. The number of hydrogen-bond acceptors (Lipinski definition) is 2. The van der Waals surface area contributed by atoms with E-state index in [1.807, 2.05) is 6.92 Å². The van der Waals surface area contributed by atoms with E-state index in [1.165, 1.54) is 9.58 Å². The van der Waals surface area contributed by atoms with Crippen molar-refractivity contribution in [2.45, 2.75) is 44.8 Å². The highest BCUT2D eigenvalue weighted by Gasteiger charge is 2.36. The summed E-state index contributed by atoms with van der Waals surface area (Å²) in [7, 11) is 3.30. The smallest absolute Gasteiger partial charge is 0.345 e. The minimum absolute atomic E-state index is 0.0328. The highest BCUT2D eigenvalue weighted by molar-refractivity contribution is 5.95. The van der Waals surface area contributed by atoms with Crippen molar-refractivity contribution in [2.75, 3.05) is 14.1 Å². The van der Waals surface area contributed by atoms with Crippen molar-refractivity contribution < 1.29 is 18.0 Å². The first kappa shape index (κ1) is 18.5. The van der Waals surface area contributed by atoms with Gasteiger partial charge >= 0.3 is 6.18 Å². The summed E-state index contributed by atoms with van der Waals surface area (Å²) in [5.74, 6) is -0.182. The number of rotatable bonds is 3. The van der Waals surface area contributed by atoms with Gasteiger partial charge < -0.3 is 4.90 Å². The summed E-state index contributed by atoms with van der Waals surface area (Å²) < 4.78 is 41.2. The van der Waals surface area contributed by atoms with Crippen LogP contribution in [0.25, 0.3) is 11.3 Å². The van der Waals surface area contributed by atoms with Gasteiger partial charge in [-0.25, -0.2) is 0 Å². The molecule has 0 N–H and O–H groups in total. The predicted molar refractivity (Wildman–Crippen MR) is 92.9 cm³/mol. The SMILES string of the molecule is Cc1cc(C(=O)N(C)C)cc(-c2cc(C(F)(F)F)nn2C2CCCC2)c1. The van der Waals surface area contributed by atoms with Gasteiger partial charge in [-0.2, -0.15) is 18.3 Å². The van der Waals surface area contributed by atoms with Gasteiger partial charge in [0, 0.05) is 25.2 Å². The Hall–Kier alpha value is -2.31. The van der Waals surface area contributed by atoms with Gasteiger partial charge in [0.2, 0.25) is 0 Å². The maximum absolute atomic E-state index is 13.2. The number of aromatic nitrogens is 2. The number of carbonyl (C=O) groups is 1. The van der Waals surface area contributed by atoms with Crippen molar-refractivity contribution in [1.29, 1.82) is 0 Å². The monoisotopic (exact) mass is 365 g/mol. The molecule has 0 bridgehead atoms. The molecule has 0 atom stereocenters. The van der Waals surface area contributed by atoms with Gasteiger partial charge in [-0.05, 0) is 49.6 Å². The fraction of sp³-hybridized carbons (Fsp3) is 0.474. The number of nitrogens with zero attached hydrogens (tertiary/aromatic N) is 3. The molecule has 1 aromatic heterocycles. The number of benzene rings is 1. The zero-order valence-electron chi connectivity index (χ0n) is 15.1. The van der Waals surface area contributed by atoms with E-state index in [9.17, 15) is 18.0 Å². The third-order valence-electron chi connectivity index (χ3n) is 4.72. The van der Waals surface area contributed by atoms with E-state index < -0.39 is 11.9 Å². The number of aryl methyl sites for hydroxylation is 1. The van der Waals surface area contributed by atoms with Crippen molar-refractivity contribution >= 4 is 5.91 Å². The van der Waals surface area contributed by atoms with Crippen LogP contribution in [0.3, 0.4) is 0 Å². The van der Waals surface area contributed by atoms with Gasteiger partial charge in [0.05, 0.1) is 11.7 Å². The molecule has 1 amide bonds. The molecule has 2 aromatic rings. The molecule has 4 nitrogen and oxygen atoms in total. The summed E-state index contributed by atoms with van der Waals surface area (Å²) in [6.45, 7) is 1.83. The van der Waals surface area contributed by atoms with Crippen LogP contribution in [0.1, 0.15) is 53.3 Å². The number of carbonyl (C=O) groups excluding carboxylic acids is 1. The second-order valence-electron chi connectivity index (χ2n) is 7.08. The summed E-state index contributed by atoms with van der Waals surface area (Å²) in [5.41, 5.74) is 1.39. The molecule has 0 aliphatic heterocycles. The van der Waals surface area contributed by atoms with Crippen LogP contribution in [0, 0.1) is 6.92 Å². The molecule has 1 aromatic carbocycles. The minimum Gasteiger partial charge on any atom is -0.345 e. The second-order valence-corrected chi connectivity index (χ2v) is 7.08. The van der Waals surface area contributed by atoms with E-state index in [1.54, 1.807) is 32.3 Å². The number of halogens is 3. The maximum Gasteiger partial charge on any atom is 0.435 e. The van der Waals surface area contributed by atoms with Gasteiger partial charge in [0.1, 0.15) is 0 Å². The van der Waals surface area contributed by atoms with Crippen LogP contribution in [-0.2, 0) is 6.18 Å². The zero-order chi connectivity index (χ0) is 19.1. The van der Waals surface area contributed by atoms with E-state index in [0.29, 0.717) is 16.8 Å². The third-order valence-corrected chi connectivity index (χ3v) is 4.72. The first-order chi connectivity index (χ1) is 12.2. The van der Waals surface area contributed by atoms with Crippen molar-refractivity contribution in [2.24, 2.45) is 0 Å². The molecule has 0 unspecified atom stereocenters. The Kier molecular flexibility index (Phi) is 4.82. The molecule has 7 heteroatoms. The number of hydrogen-bond donors (Lipinski definition) is 0. The Morgan fingerprint density at radius 2 is 1.81 bits per heavy atom. The third kappa shape index (κ3) is 3.61. The molecule has 0 spiro atoms. The number of amides is 1. The lowest BCUT2D eigenvalue weighted by Crippen LogP contribution is -2.21. The van der Waals surface area contributed by atoms with Gasteiger partial charge in [-0.15, -0.1) is 0 Å². The largest absolute Gasteiger partial charge is 0.435 e. The molecule has 1 heterocycles. The lowest BCUT2D eigenvalue weighted by molar-refractivity contribution is -0.141. The molecular weight excluding hydrogens is 343 g/mol. The summed E-state index contributed by atoms with van der Waals surface area (Å²) in [6, 6.07) is 6.26. The molecule has 3 rings (SSSR count). The van der Waals surface area contributed by atoms with Crippen LogP contribution in [-0.4, -0.2) is 34.7 Å². The van der Waals surface area contributed by atoms with Crippen LogP contribution in [0.5, 0.6) is 0 Å². The lowest BCUT2D eigenvalue weighted by atomic mass is 10.0. The molecule has 1 aliphatic rings. The molecule has 1 aliphatic carbocycles. The van der Waals surface area contributed by atoms with Crippen LogP contribution in [0.15, 0.2) is 24.3 Å². The molecular formula is C19H22F3N3O. The Labute approximate surface area is 150 Å². The topological polar surface area (TPSA) is 38.1 Å². The van der Waals surface area contributed by atoms with E-state index in [-0.39, 0.29) is 11.9 Å². The minimum atomic E-state index is -4.50. The standard InChI is InChI=1S/C19H22F3N3O/c1-12-8-13(10-14(9-12)18(26)24(2)3)16-11-17(19(20,21)22)23-25(16)15-6-4-5-7-15/h8-11,15H,4-7H2,1-3H3. The van der Waals surface area contributed by atoms with Gasteiger partial charge in [0.15, 0.2) is 5.69 Å². The summed E-state index contributed by atoms with van der Waals surface area (Å²) in [5, 5.41) is 3.88. The summed E-state index contributed by atoms with van der Waals surface area (Å²) in [4.78, 5) is 13.8. The van der Waals surface area contributed by atoms with Crippen LogP contribution >= 0.6 is 0 Å². The predicted octanol–water partition coefficient (Wildman–Crippen LogP) is 4.69. The average Bonchev–Trinajstić information content (AvgIpc) is 3.21. The number of alkyl halides is 3. The van der Waals surface area contributed by atoms with Crippen molar-refractivity contribution in [3.05, 3.63) is 41.1 Å². The Balaban J connectivity index is 2.13. The van der Waals surface area contributed by atoms with Crippen molar-refractivity contribution in [3.63, 3.8) is 0 Å². The Bertz CT molecular complexity index is 818. The lowest BCUT2D eigenvalue weighted by Gasteiger charge is -2.16. The molecule has 0 saturated heterocycles. The molecule has 0 radical (unpaired) electrons. The van der Waals surface area contributed by atoms with Crippen LogP contribution in [0.2, 0.25) is 0 Å². The summed E-state index contributed by atoms with van der Waals surface area (Å²) in [6.07, 6.45) is -0.875. The molecule has 1 fully saturated rings. The molecule has 26 heavy (non-hydrogen) atoms. The van der Waals surface area contributed by atoms with Crippen LogP contribution < -0.4 is 0 Å². The average molecular weight is 365 g/mol. The normalized spacial score (nSPS) is 15.5.